The third kappa shape index (κ3) is 8.01. The maximum Gasteiger partial charge on any atom is 0.509 e. The number of hydrogen-bond donors (Lipinski definition) is 0. The van der Waals surface area contributed by atoms with Crippen LogP contribution in [0.25, 0.3) is 0 Å². The minimum atomic E-state index is -3.08. The van der Waals surface area contributed by atoms with E-state index in [0.29, 0.717) is 6.42 Å². The highest BCUT2D eigenvalue weighted by Crippen LogP contribution is 2.41. The van der Waals surface area contributed by atoms with E-state index in [4.69, 9.17) is 18.3 Å². The molecule has 52 heavy (non-hydrogen) atoms. The van der Waals surface area contributed by atoms with Crippen molar-refractivity contribution in [2.75, 3.05) is 6.61 Å². The zero-order valence-electron chi connectivity index (χ0n) is 32.8. The van der Waals surface area contributed by atoms with Crippen molar-refractivity contribution in [2.24, 2.45) is 0 Å². The molecule has 0 radical (unpaired) electrons. The van der Waals surface area contributed by atoms with Crippen LogP contribution >= 0.6 is 0 Å². The van der Waals surface area contributed by atoms with Crippen molar-refractivity contribution >= 4 is 51.6 Å². The van der Waals surface area contributed by atoms with E-state index < -0.39 is 49.2 Å². The summed E-state index contributed by atoms with van der Waals surface area (Å²) in [4.78, 5) is 13.8. The number of benzene rings is 4. The van der Waals surface area contributed by atoms with Crippen molar-refractivity contribution in [1.29, 1.82) is 0 Å². The molecule has 0 bridgehead atoms. The van der Waals surface area contributed by atoms with Gasteiger partial charge in [-0.1, -0.05) is 189 Å². The Morgan fingerprint density at radius 1 is 0.654 bits per heavy atom. The average molecular weight is 751 g/mol. The molecule has 0 aromatic heterocycles. The summed E-state index contributed by atoms with van der Waals surface area (Å²) in [5.74, 6) is 0. The Labute approximate surface area is 315 Å². The Hall–Kier alpha value is -3.54. The monoisotopic (exact) mass is 750 g/mol. The first-order valence-corrected chi connectivity index (χ1v) is 25.9. The summed E-state index contributed by atoms with van der Waals surface area (Å²) in [6.45, 7) is 22.7. The predicted molar refractivity (Wildman–Crippen MR) is 223 cm³/mol. The third-order valence-corrected chi connectivity index (χ3v) is 22.9. The van der Waals surface area contributed by atoms with E-state index >= 15 is 0 Å². The molecule has 0 N–H and O–H groups in total. The fourth-order valence-electron chi connectivity index (χ4n) is 8.20. The topological polar surface area (TPSA) is 54.0 Å². The summed E-state index contributed by atoms with van der Waals surface area (Å²) < 4.78 is 28.0. The summed E-state index contributed by atoms with van der Waals surface area (Å²) in [5.41, 5.74) is 0. The molecule has 8 heteroatoms. The molecular formula is C44H58O5Si3. The molecule has 0 aliphatic carbocycles. The molecule has 1 saturated heterocycles. The van der Waals surface area contributed by atoms with E-state index in [9.17, 15) is 4.79 Å². The summed E-state index contributed by atoms with van der Waals surface area (Å²) >= 11 is 0. The zero-order chi connectivity index (χ0) is 37.8. The van der Waals surface area contributed by atoms with Crippen LogP contribution in [0.5, 0.6) is 0 Å². The predicted octanol–water partition coefficient (Wildman–Crippen LogP) is 8.63. The molecule has 1 heterocycles. The van der Waals surface area contributed by atoms with E-state index in [1.807, 2.05) is 12.1 Å². The average Bonchev–Trinajstić information content (AvgIpc) is 3.25. The Morgan fingerprint density at radius 2 is 1.04 bits per heavy atom. The second-order valence-corrected chi connectivity index (χ2v) is 30.7. The van der Waals surface area contributed by atoms with Gasteiger partial charge in [0.25, 0.3) is 16.6 Å². The van der Waals surface area contributed by atoms with Gasteiger partial charge in [-0.15, -0.1) is 0 Å². The van der Waals surface area contributed by atoms with Crippen LogP contribution in [0, 0.1) is 0 Å². The van der Waals surface area contributed by atoms with Gasteiger partial charge in [0.2, 0.25) is 0 Å². The molecule has 276 valence electrons. The molecule has 5 rings (SSSR count). The van der Waals surface area contributed by atoms with E-state index in [0.717, 1.165) is 0 Å². The summed E-state index contributed by atoms with van der Waals surface area (Å²) in [7, 11) is -7.97. The van der Waals surface area contributed by atoms with Crippen molar-refractivity contribution in [3.63, 3.8) is 0 Å². The summed E-state index contributed by atoms with van der Waals surface area (Å²) in [5, 5.41) is 5.31. The number of cyclic esters (lactones) is 2. The van der Waals surface area contributed by atoms with Crippen LogP contribution in [0.15, 0.2) is 133 Å². The van der Waals surface area contributed by atoms with Crippen molar-refractivity contribution in [1.82, 2.24) is 0 Å². The van der Waals surface area contributed by atoms with Gasteiger partial charge in [0.05, 0.1) is 20.8 Å². The van der Waals surface area contributed by atoms with Crippen molar-refractivity contribution in [2.45, 2.75) is 103 Å². The van der Waals surface area contributed by atoms with Crippen LogP contribution in [-0.4, -0.2) is 55.8 Å². The van der Waals surface area contributed by atoms with Gasteiger partial charge in [0.1, 0.15) is 6.10 Å². The van der Waals surface area contributed by atoms with E-state index in [2.05, 4.69) is 183 Å². The van der Waals surface area contributed by atoms with Crippen LogP contribution in [0.1, 0.15) is 54.9 Å². The van der Waals surface area contributed by atoms with Gasteiger partial charge >= 0.3 is 6.16 Å². The van der Waals surface area contributed by atoms with E-state index in [1.165, 1.54) is 25.9 Å². The lowest BCUT2D eigenvalue weighted by Gasteiger charge is -2.47. The molecule has 4 aromatic carbocycles. The minimum absolute atomic E-state index is 0.163. The van der Waals surface area contributed by atoms with Crippen LogP contribution in [0.2, 0.25) is 29.7 Å². The van der Waals surface area contributed by atoms with Crippen LogP contribution in [0.4, 0.5) is 4.79 Å². The SMILES string of the molecule is C/C=C(/[C@@H]1C[C@H](O[Si](c2ccccc2)(c2ccccc2)C(C)(C)C)[C@@H](CO[Si](c2ccccc2)(c2ccccc2)C(C)(C)C)OC(=O)O1)[Si](C)(C)C. The van der Waals surface area contributed by atoms with E-state index in [1.54, 1.807) is 0 Å². The lowest BCUT2D eigenvalue weighted by molar-refractivity contribution is -0.0192. The normalized spacial score (nSPS) is 19.4. The second kappa shape index (κ2) is 15.8. The van der Waals surface area contributed by atoms with Gasteiger partial charge < -0.3 is 18.3 Å². The first-order chi connectivity index (χ1) is 24.5. The first-order valence-electron chi connectivity index (χ1n) is 18.6. The van der Waals surface area contributed by atoms with Gasteiger partial charge in [-0.05, 0) is 42.9 Å². The lowest BCUT2D eigenvalue weighted by Crippen LogP contribution is -2.69. The van der Waals surface area contributed by atoms with Crippen LogP contribution in [0.3, 0.4) is 0 Å². The summed E-state index contributed by atoms with van der Waals surface area (Å²) in [6.07, 6.45) is 0.225. The zero-order valence-corrected chi connectivity index (χ0v) is 35.8. The van der Waals surface area contributed by atoms with Gasteiger partial charge in [-0.3, -0.25) is 0 Å². The molecular weight excluding hydrogens is 693 g/mol. The van der Waals surface area contributed by atoms with Crippen molar-refractivity contribution in [3.8, 4) is 0 Å². The van der Waals surface area contributed by atoms with Gasteiger partial charge in [0, 0.05) is 6.42 Å². The van der Waals surface area contributed by atoms with Gasteiger partial charge in [0.15, 0.2) is 6.10 Å². The quantitative estimate of drug-likeness (QED) is 0.114. The van der Waals surface area contributed by atoms with Gasteiger partial charge in [-0.2, -0.15) is 0 Å². The molecule has 5 nitrogen and oxygen atoms in total. The van der Waals surface area contributed by atoms with Crippen LogP contribution in [-0.2, 0) is 18.3 Å². The number of hydrogen-bond acceptors (Lipinski definition) is 5. The summed E-state index contributed by atoms with van der Waals surface area (Å²) in [6, 6.07) is 42.5. The molecule has 1 fully saturated rings. The first kappa shape index (κ1) is 39.7. The number of rotatable bonds is 11. The Kier molecular flexibility index (Phi) is 12.1. The Balaban J connectivity index is 1.70. The third-order valence-electron chi connectivity index (χ3n) is 10.5. The molecule has 3 atom stereocenters. The highest BCUT2D eigenvalue weighted by atomic mass is 28.4. The number of carbonyl (C=O) groups excluding carboxylic acids is 1. The molecule has 1 aliphatic heterocycles. The Morgan fingerprint density at radius 3 is 1.38 bits per heavy atom. The maximum absolute atomic E-state index is 13.8. The van der Waals surface area contributed by atoms with Crippen molar-refractivity contribution in [3.05, 3.63) is 133 Å². The fraction of sp³-hybridized carbons (Fsp3) is 0.386. The highest BCUT2D eigenvalue weighted by molar-refractivity contribution is 7.00. The van der Waals surface area contributed by atoms with Crippen molar-refractivity contribution < 1.29 is 23.1 Å². The highest BCUT2D eigenvalue weighted by Gasteiger charge is 2.55. The second-order valence-electron chi connectivity index (χ2n) is 17.0. The van der Waals surface area contributed by atoms with Crippen LogP contribution < -0.4 is 20.7 Å². The number of allylic oxidation sites excluding steroid dienone is 1. The molecule has 1 aliphatic rings. The Bertz CT molecular complexity index is 1700. The lowest BCUT2D eigenvalue weighted by atomic mass is 10.1. The molecule has 4 aromatic rings. The smallest absolute Gasteiger partial charge is 0.427 e. The largest absolute Gasteiger partial charge is 0.509 e. The molecule has 0 saturated carbocycles. The van der Waals surface area contributed by atoms with Gasteiger partial charge in [-0.25, -0.2) is 4.79 Å². The number of carbonyl (C=O) groups is 1. The molecule has 0 amide bonds. The fourth-order valence-corrected chi connectivity index (χ4v) is 19.5. The minimum Gasteiger partial charge on any atom is -0.427 e. The van der Waals surface area contributed by atoms with E-state index in [-0.39, 0.29) is 16.7 Å². The molecule has 0 spiro atoms. The maximum atomic E-state index is 13.8. The molecule has 0 unspecified atom stereocenters. The standard InChI is InChI=1S/C44H58O5Si3/c1-11-41(50(8,9)10)39-32-38(49-52(44(5,6)7,36-28-20-14-21-29-36)37-30-22-15-23-31-37)40(48-42(45)47-39)33-46-51(43(2,3)4,34-24-16-12-17-25-34)35-26-18-13-19-27-35/h11-31,38-40H,32-33H2,1-10H3/b41-11-/t38-,39-,40+/m0/s1. The number of ether oxygens (including phenoxy) is 2.